The number of hydrogen-bond donors (Lipinski definition) is 1. The Morgan fingerprint density at radius 3 is 2.69 bits per heavy atom. The van der Waals surface area contributed by atoms with Crippen LogP contribution in [0.25, 0.3) is 21.8 Å². The van der Waals surface area contributed by atoms with E-state index < -0.39 is 0 Å². The summed E-state index contributed by atoms with van der Waals surface area (Å²) in [6.07, 6.45) is 1.69. The Hall–Kier alpha value is -3.15. The van der Waals surface area contributed by atoms with Crippen LogP contribution >= 0.6 is 15.9 Å². The number of fused-ring (bicyclic) bond motifs is 2. The van der Waals surface area contributed by atoms with Gasteiger partial charge in [-0.25, -0.2) is 9.67 Å². The van der Waals surface area contributed by atoms with Crippen LogP contribution in [0.15, 0.2) is 51.9 Å². The average Bonchev–Trinajstić information content (AvgIpc) is 3.21. The van der Waals surface area contributed by atoms with Gasteiger partial charge in [0.25, 0.3) is 5.56 Å². The average molecular weight is 491 g/mol. The molecule has 7 nitrogen and oxygen atoms in total. The number of anilines is 1. The van der Waals surface area contributed by atoms with Crippen molar-refractivity contribution < 1.29 is 0 Å². The molecule has 1 aliphatic rings. The molecule has 32 heavy (non-hydrogen) atoms. The number of halogens is 1. The summed E-state index contributed by atoms with van der Waals surface area (Å²) in [6.45, 7) is 6.08. The van der Waals surface area contributed by atoms with E-state index in [0.717, 1.165) is 52.9 Å². The van der Waals surface area contributed by atoms with Crippen LogP contribution in [0, 0.1) is 11.8 Å². The number of piperazine rings is 1. The molecule has 0 atom stereocenters. The lowest BCUT2D eigenvalue weighted by Crippen LogP contribution is -2.44. The molecular formula is C24H23BrN6O. The first-order chi connectivity index (χ1) is 15.7. The van der Waals surface area contributed by atoms with Gasteiger partial charge in [0.1, 0.15) is 11.0 Å². The molecule has 8 heteroatoms. The SMILES string of the molecule is CC#CCn1c(N2CCNCC2)nc2cnn(Cc3ccc(Br)c4ccccc34)c(=O)c21. The van der Waals surface area contributed by atoms with Crippen LogP contribution in [0.4, 0.5) is 5.95 Å². The first kappa shape index (κ1) is 20.7. The smallest absolute Gasteiger partial charge is 0.293 e. The predicted molar refractivity (Wildman–Crippen MR) is 131 cm³/mol. The standard InChI is InChI=1S/C24H23BrN6O/c1-2-3-12-30-22-21(28-24(30)29-13-10-26-11-14-29)15-27-31(23(22)32)16-17-8-9-20(25)19-7-5-4-6-18(17)19/h4-9,15,26H,10-14,16H2,1H3. The Bertz CT molecular complexity index is 1420. The van der Waals surface area contributed by atoms with E-state index in [4.69, 9.17) is 4.98 Å². The summed E-state index contributed by atoms with van der Waals surface area (Å²) < 4.78 is 4.50. The third kappa shape index (κ3) is 3.68. The minimum absolute atomic E-state index is 0.152. The van der Waals surface area contributed by atoms with Crippen molar-refractivity contribution in [1.29, 1.82) is 0 Å². The summed E-state index contributed by atoms with van der Waals surface area (Å²) in [5.41, 5.74) is 2.05. The summed E-state index contributed by atoms with van der Waals surface area (Å²) in [7, 11) is 0. The van der Waals surface area contributed by atoms with E-state index in [0.29, 0.717) is 24.1 Å². The lowest BCUT2D eigenvalue weighted by Gasteiger charge is -2.28. The van der Waals surface area contributed by atoms with Gasteiger partial charge in [-0.05, 0) is 29.3 Å². The second-order valence-corrected chi connectivity index (χ2v) is 8.61. The van der Waals surface area contributed by atoms with Crippen LogP contribution in [0.2, 0.25) is 0 Å². The van der Waals surface area contributed by atoms with E-state index >= 15 is 0 Å². The maximum atomic E-state index is 13.6. The summed E-state index contributed by atoms with van der Waals surface area (Å²) in [6, 6.07) is 12.2. The molecule has 1 aliphatic heterocycles. The second-order valence-electron chi connectivity index (χ2n) is 7.76. The highest BCUT2D eigenvalue weighted by atomic mass is 79.9. The Balaban J connectivity index is 1.63. The molecule has 3 heterocycles. The minimum atomic E-state index is -0.152. The molecule has 0 radical (unpaired) electrons. The monoisotopic (exact) mass is 490 g/mol. The fraction of sp³-hybridized carbons (Fsp3) is 0.292. The fourth-order valence-electron chi connectivity index (χ4n) is 4.22. The molecule has 0 aliphatic carbocycles. The summed E-state index contributed by atoms with van der Waals surface area (Å²) in [5.74, 6) is 6.83. The molecule has 162 valence electrons. The topological polar surface area (TPSA) is 68.0 Å². The van der Waals surface area contributed by atoms with Gasteiger partial charge in [0.15, 0.2) is 0 Å². The van der Waals surface area contributed by atoms with Crippen molar-refractivity contribution in [1.82, 2.24) is 24.6 Å². The van der Waals surface area contributed by atoms with Crippen molar-refractivity contribution >= 4 is 43.7 Å². The molecule has 0 amide bonds. The second kappa shape index (κ2) is 8.77. The van der Waals surface area contributed by atoms with E-state index in [2.05, 4.69) is 55.2 Å². The van der Waals surface area contributed by atoms with Gasteiger partial charge in [0.2, 0.25) is 5.95 Å². The van der Waals surface area contributed by atoms with E-state index in [-0.39, 0.29) is 5.56 Å². The normalized spacial score (nSPS) is 14.0. The quantitative estimate of drug-likeness (QED) is 0.445. The van der Waals surface area contributed by atoms with Gasteiger partial charge in [0.05, 0.1) is 19.3 Å². The first-order valence-corrected chi connectivity index (χ1v) is 11.4. The number of hydrogen-bond acceptors (Lipinski definition) is 5. The largest absolute Gasteiger partial charge is 0.340 e. The molecule has 0 unspecified atom stereocenters. The van der Waals surface area contributed by atoms with E-state index in [1.54, 1.807) is 6.20 Å². The maximum absolute atomic E-state index is 13.6. The van der Waals surface area contributed by atoms with Crippen LogP contribution in [0.5, 0.6) is 0 Å². The van der Waals surface area contributed by atoms with E-state index in [9.17, 15) is 4.79 Å². The zero-order valence-corrected chi connectivity index (χ0v) is 19.4. The molecule has 2 aromatic carbocycles. The third-order valence-electron chi connectivity index (χ3n) is 5.83. The summed E-state index contributed by atoms with van der Waals surface area (Å²) in [5, 5.41) is 10.0. The molecule has 1 N–H and O–H groups in total. The number of rotatable bonds is 4. The number of benzene rings is 2. The van der Waals surface area contributed by atoms with Gasteiger partial charge >= 0.3 is 0 Å². The molecule has 1 saturated heterocycles. The molecule has 0 saturated carbocycles. The van der Waals surface area contributed by atoms with Gasteiger partial charge in [-0.2, -0.15) is 5.10 Å². The maximum Gasteiger partial charge on any atom is 0.293 e. The molecule has 0 spiro atoms. The molecule has 2 aromatic heterocycles. The Morgan fingerprint density at radius 1 is 1.12 bits per heavy atom. The van der Waals surface area contributed by atoms with E-state index in [1.807, 2.05) is 35.8 Å². The van der Waals surface area contributed by atoms with Crippen LogP contribution in [-0.2, 0) is 13.1 Å². The van der Waals surface area contributed by atoms with Gasteiger partial charge in [-0.1, -0.05) is 52.2 Å². The molecule has 5 rings (SSSR count). The molecular weight excluding hydrogens is 468 g/mol. The zero-order valence-electron chi connectivity index (χ0n) is 17.8. The lowest BCUT2D eigenvalue weighted by molar-refractivity contribution is 0.572. The molecule has 4 aromatic rings. The van der Waals surface area contributed by atoms with Crippen LogP contribution < -0.4 is 15.8 Å². The van der Waals surface area contributed by atoms with Crippen molar-refractivity contribution in [3.05, 3.63) is 63.0 Å². The summed E-state index contributed by atoms with van der Waals surface area (Å²) >= 11 is 3.62. The fourth-order valence-corrected chi connectivity index (χ4v) is 4.70. The van der Waals surface area contributed by atoms with Gasteiger partial charge in [-0.3, -0.25) is 9.36 Å². The first-order valence-electron chi connectivity index (χ1n) is 10.6. The number of nitrogens with one attached hydrogen (secondary N) is 1. The van der Waals surface area contributed by atoms with Crippen LogP contribution in [-0.4, -0.2) is 45.5 Å². The molecule has 0 bridgehead atoms. The third-order valence-corrected chi connectivity index (χ3v) is 6.52. The summed E-state index contributed by atoms with van der Waals surface area (Å²) in [4.78, 5) is 20.5. The van der Waals surface area contributed by atoms with Crippen molar-refractivity contribution in [2.24, 2.45) is 0 Å². The Morgan fingerprint density at radius 2 is 1.91 bits per heavy atom. The highest BCUT2D eigenvalue weighted by molar-refractivity contribution is 9.10. The zero-order chi connectivity index (χ0) is 22.1. The van der Waals surface area contributed by atoms with Gasteiger partial charge < -0.3 is 10.2 Å². The Labute approximate surface area is 194 Å². The highest BCUT2D eigenvalue weighted by Gasteiger charge is 2.21. The molecule has 1 fully saturated rings. The van der Waals surface area contributed by atoms with Crippen molar-refractivity contribution in [3.8, 4) is 11.8 Å². The number of aromatic nitrogens is 4. The highest BCUT2D eigenvalue weighted by Crippen LogP contribution is 2.27. The predicted octanol–water partition coefficient (Wildman–Crippen LogP) is 2.99. The Kier molecular flexibility index (Phi) is 5.68. The van der Waals surface area contributed by atoms with Gasteiger partial charge in [0, 0.05) is 30.7 Å². The van der Waals surface area contributed by atoms with Crippen molar-refractivity contribution in [2.45, 2.75) is 20.0 Å². The van der Waals surface area contributed by atoms with Crippen LogP contribution in [0.3, 0.4) is 0 Å². The van der Waals surface area contributed by atoms with Gasteiger partial charge in [-0.15, -0.1) is 5.92 Å². The van der Waals surface area contributed by atoms with Crippen LogP contribution in [0.1, 0.15) is 12.5 Å². The van der Waals surface area contributed by atoms with E-state index in [1.165, 1.54) is 4.68 Å². The number of imidazole rings is 1. The number of nitrogens with zero attached hydrogens (tertiary/aromatic N) is 5. The lowest BCUT2D eigenvalue weighted by atomic mass is 10.0. The minimum Gasteiger partial charge on any atom is -0.340 e. The van der Waals surface area contributed by atoms with Crippen molar-refractivity contribution in [3.63, 3.8) is 0 Å². The van der Waals surface area contributed by atoms with Crippen molar-refractivity contribution in [2.75, 3.05) is 31.1 Å².